The van der Waals surface area contributed by atoms with Crippen molar-refractivity contribution in [3.05, 3.63) is 4.88 Å². The number of nitrogens with zero attached hydrogens (tertiary/aromatic N) is 2. The first-order chi connectivity index (χ1) is 9.70. The standard InChI is InChI=1S/C14H25N3O2S/c1-17(2)14-16-13(18-3)12(20-14)9-15-7-4-8-19-10-11-5-6-11/h11,15H,4-10H2,1-3H3. The maximum absolute atomic E-state index is 5.61. The van der Waals surface area contributed by atoms with Crippen molar-refractivity contribution in [2.24, 2.45) is 5.92 Å². The predicted octanol–water partition coefficient (Wildman–Crippen LogP) is 2.12. The molecule has 1 heterocycles. The molecular formula is C14H25N3O2S. The van der Waals surface area contributed by atoms with E-state index in [1.807, 2.05) is 19.0 Å². The zero-order valence-corrected chi connectivity index (χ0v) is 13.5. The van der Waals surface area contributed by atoms with Crippen LogP contribution in [-0.4, -0.2) is 45.9 Å². The van der Waals surface area contributed by atoms with Crippen LogP contribution in [0, 0.1) is 5.92 Å². The Morgan fingerprint density at radius 2 is 2.20 bits per heavy atom. The highest BCUT2D eigenvalue weighted by molar-refractivity contribution is 7.15. The van der Waals surface area contributed by atoms with Crippen molar-refractivity contribution in [1.29, 1.82) is 0 Å². The summed E-state index contributed by atoms with van der Waals surface area (Å²) < 4.78 is 10.9. The second-order valence-electron chi connectivity index (χ2n) is 5.37. The monoisotopic (exact) mass is 299 g/mol. The Morgan fingerprint density at radius 1 is 1.40 bits per heavy atom. The van der Waals surface area contributed by atoms with E-state index in [2.05, 4.69) is 10.3 Å². The van der Waals surface area contributed by atoms with Gasteiger partial charge in [0.2, 0.25) is 5.88 Å². The van der Waals surface area contributed by atoms with Crippen LogP contribution in [0.2, 0.25) is 0 Å². The van der Waals surface area contributed by atoms with Crippen LogP contribution < -0.4 is 15.0 Å². The molecule has 0 radical (unpaired) electrons. The van der Waals surface area contributed by atoms with Crippen molar-refractivity contribution in [2.45, 2.75) is 25.8 Å². The first kappa shape index (κ1) is 15.5. The third-order valence-electron chi connectivity index (χ3n) is 3.20. The quantitative estimate of drug-likeness (QED) is 0.671. The molecule has 0 aromatic carbocycles. The average Bonchev–Trinajstić information content (AvgIpc) is 3.15. The van der Waals surface area contributed by atoms with E-state index in [0.29, 0.717) is 0 Å². The Labute approximate surface area is 125 Å². The van der Waals surface area contributed by atoms with Gasteiger partial charge in [-0.2, -0.15) is 4.98 Å². The minimum atomic E-state index is 0.733. The Hall–Kier alpha value is -0.850. The average molecular weight is 299 g/mol. The highest BCUT2D eigenvalue weighted by atomic mass is 32.1. The first-order valence-electron chi connectivity index (χ1n) is 7.20. The molecule has 114 valence electrons. The van der Waals surface area contributed by atoms with Gasteiger partial charge in [0.15, 0.2) is 5.13 Å². The van der Waals surface area contributed by atoms with Crippen LogP contribution in [0.3, 0.4) is 0 Å². The van der Waals surface area contributed by atoms with Gasteiger partial charge in [0.05, 0.1) is 12.0 Å². The van der Waals surface area contributed by atoms with Crippen molar-refractivity contribution in [3.63, 3.8) is 0 Å². The Bertz CT molecular complexity index is 405. The van der Waals surface area contributed by atoms with Crippen LogP contribution in [0.4, 0.5) is 5.13 Å². The summed E-state index contributed by atoms with van der Waals surface area (Å²) in [6.07, 6.45) is 3.77. The molecule has 1 fully saturated rings. The number of methoxy groups -OCH3 is 1. The summed E-state index contributed by atoms with van der Waals surface area (Å²) in [5.41, 5.74) is 0. The molecule has 1 N–H and O–H groups in total. The summed E-state index contributed by atoms with van der Waals surface area (Å²) in [6, 6.07) is 0. The molecule has 1 saturated carbocycles. The van der Waals surface area contributed by atoms with Gasteiger partial charge in [-0.3, -0.25) is 0 Å². The van der Waals surface area contributed by atoms with Crippen LogP contribution in [0.25, 0.3) is 0 Å². The van der Waals surface area contributed by atoms with Crippen LogP contribution in [0.5, 0.6) is 5.88 Å². The number of nitrogens with one attached hydrogen (secondary N) is 1. The topological polar surface area (TPSA) is 46.6 Å². The minimum absolute atomic E-state index is 0.733. The van der Waals surface area contributed by atoms with E-state index in [1.54, 1.807) is 18.4 Å². The van der Waals surface area contributed by atoms with Crippen molar-refractivity contribution < 1.29 is 9.47 Å². The molecule has 1 aliphatic rings. The van der Waals surface area contributed by atoms with Crippen molar-refractivity contribution >= 4 is 16.5 Å². The summed E-state index contributed by atoms with van der Waals surface area (Å²) in [7, 11) is 5.66. The summed E-state index contributed by atoms with van der Waals surface area (Å²) in [6.45, 7) is 3.57. The number of rotatable bonds is 10. The molecule has 0 aliphatic heterocycles. The molecule has 1 aliphatic carbocycles. The van der Waals surface area contributed by atoms with Crippen molar-refractivity contribution in [2.75, 3.05) is 45.9 Å². The Balaban J connectivity index is 1.62. The molecule has 1 aromatic rings. The van der Waals surface area contributed by atoms with Gasteiger partial charge in [0.1, 0.15) is 0 Å². The van der Waals surface area contributed by atoms with Crippen molar-refractivity contribution in [3.8, 4) is 5.88 Å². The molecule has 0 unspecified atom stereocenters. The number of aromatic nitrogens is 1. The SMILES string of the molecule is COc1nc(N(C)C)sc1CNCCCOCC1CC1. The number of anilines is 1. The maximum Gasteiger partial charge on any atom is 0.230 e. The van der Waals surface area contributed by atoms with E-state index in [4.69, 9.17) is 9.47 Å². The van der Waals surface area contributed by atoms with Gasteiger partial charge in [0.25, 0.3) is 0 Å². The molecule has 0 saturated heterocycles. The zero-order valence-electron chi connectivity index (χ0n) is 12.6. The zero-order chi connectivity index (χ0) is 14.4. The van der Waals surface area contributed by atoms with Gasteiger partial charge >= 0.3 is 0 Å². The van der Waals surface area contributed by atoms with Crippen molar-refractivity contribution in [1.82, 2.24) is 10.3 Å². The maximum atomic E-state index is 5.61. The van der Waals surface area contributed by atoms with Crippen LogP contribution in [-0.2, 0) is 11.3 Å². The lowest BCUT2D eigenvalue weighted by Gasteiger charge is -2.05. The van der Waals surface area contributed by atoms with Gasteiger partial charge in [-0.05, 0) is 31.7 Å². The van der Waals surface area contributed by atoms with Crippen LogP contribution in [0.15, 0.2) is 0 Å². The number of hydrogen-bond donors (Lipinski definition) is 1. The number of hydrogen-bond acceptors (Lipinski definition) is 6. The second kappa shape index (κ2) is 7.81. The summed E-state index contributed by atoms with van der Waals surface area (Å²) in [4.78, 5) is 7.59. The van der Waals surface area contributed by atoms with Gasteiger partial charge in [0, 0.05) is 33.9 Å². The summed E-state index contributed by atoms with van der Waals surface area (Å²) >= 11 is 1.67. The van der Waals surface area contributed by atoms with Crippen LogP contribution >= 0.6 is 11.3 Å². The third-order valence-corrected chi connectivity index (χ3v) is 4.41. The van der Waals surface area contributed by atoms with E-state index in [0.717, 1.165) is 54.5 Å². The molecule has 0 spiro atoms. The summed E-state index contributed by atoms with van der Waals surface area (Å²) in [5.74, 6) is 1.59. The molecule has 5 nitrogen and oxygen atoms in total. The molecule has 0 atom stereocenters. The van der Waals surface area contributed by atoms with E-state index in [-0.39, 0.29) is 0 Å². The molecule has 2 rings (SSSR count). The Kier molecular flexibility index (Phi) is 6.06. The molecular weight excluding hydrogens is 274 g/mol. The lowest BCUT2D eigenvalue weighted by Crippen LogP contribution is -2.16. The minimum Gasteiger partial charge on any atom is -0.480 e. The molecule has 6 heteroatoms. The fourth-order valence-corrected chi connectivity index (χ4v) is 2.75. The van der Waals surface area contributed by atoms with Gasteiger partial charge < -0.3 is 19.7 Å². The lowest BCUT2D eigenvalue weighted by molar-refractivity contribution is 0.122. The van der Waals surface area contributed by atoms with Gasteiger partial charge in [-0.1, -0.05) is 11.3 Å². The van der Waals surface area contributed by atoms with E-state index >= 15 is 0 Å². The highest BCUT2D eigenvalue weighted by Gasteiger charge is 2.20. The predicted molar refractivity (Wildman–Crippen MR) is 82.9 cm³/mol. The van der Waals surface area contributed by atoms with Gasteiger partial charge in [-0.15, -0.1) is 0 Å². The van der Waals surface area contributed by atoms with Crippen LogP contribution in [0.1, 0.15) is 24.1 Å². The van der Waals surface area contributed by atoms with E-state index < -0.39 is 0 Å². The summed E-state index contributed by atoms with van der Waals surface area (Å²) in [5, 5.41) is 4.40. The van der Waals surface area contributed by atoms with Gasteiger partial charge in [-0.25, -0.2) is 0 Å². The van der Waals surface area contributed by atoms with E-state index in [9.17, 15) is 0 Å². The lowest BCUT2D eigenvalue weighted by atomic mass is 10.4. The fourth-order valence-electron chi connectivity index (χ4n) is 1.82. The van der Waals surface area contributed by atoms with E-state index in [1.165, 1.54) is 12.8 Å². The molecule has 20 heavy (non-hydrogen) atoms. The second-order valence-corrected chi connectivity index (χ2v) is 6.43. The fraction of sp³-hybridized carbons (Fsp3) is 0.786. The first-order valence-corrected chi connectivity index (χ1v) is 8.02. The molecule has 0 bridgehead atoms. The number of thiazole rings is 1. The molecule has 0 amide bonds. The smallest absolute Gasteiger partial charge is 0.230 e. The highest BCUT2D eigenvalue weighted by Crippen LogP contribution is 2.30. The third kappa shape index (κ3) is 4.92. The molecule has 1 aromatic heterocycles. The normalized spacial score (nSPS) is 14.6. The largest absolute Gasteiger partial charge is 0.480 e. The Morgan fingerprint density at radius 3 is 2.85 bits per heavy atom. The number of ether oxygens (including phenoxy) is 2.